The number of aliphatic hydroxyl groups excluding tert-OH is 1. The first-order chi connectivity index (χ1) is 7.08. The van der Waals surface area contributed by atoms with E-state index >= 15 is 0 Å². The predicted octanol–water partition coefficient (Wildman–Crippen LogP) is 2.61. The number of rotatable bonds is 5. The molecule has 0 aliphatic carbocycles. The summed E-state index contributed by atoms with van der Waals surface area (Å²) in [5.41, 5.74) is 0.968. The fourth-order valence-electron chi connectivity index (χ4n) is 1.29. The number of carbonyl (C=O) groups is 1. The van der Waals surface area contributed by atoms with Crippen LogP contribution in [0, 0.1) is 0 Å². The van der Waals surface area contributed by atoms with Gasteiger partial charge >= 0.3 is 0 Å². The van der Waals surface area contributed by atoms with Gasteiger partial charge in [0.2, 0.25) is 0 Å². The number of hydrogen-bond donors (Lipinski definition) is 1. The van der Waals surface area contributed by atoms with Gasteiger partial charge in [0, 0.05) is 17.9 Å². The lowest BCUT2D eigenvalue weighted by atomic mass is 10.0. The third-order valence-corrected chi connectivity index (χ3v) is 2.41. The summed E-state index contributed by atoms with van der Waals surface area (Å²) in [5.74, 6) is 0.151. The third-order valence-electron chi connectivity index (χ3n) is 2.16. The van der Waals surface area contributed by atoms with E-state index in [0.29, 0.717) is 24.3 Å². The normalized spacial score (nSPS) is 12.5. The molecule has 1 unspecified atom stereocenters. The summed E-state index contributed by atoms with van der Waals surface area (Å²) in [4.78, 5) is 11.5. The van der Waals surface area contributed by atoms with Gasteiger partial charge in [-0.1, -0.05) is 23.7 Å². The topological polar surface area (TPSA) is 37.3 Å². The second-order valence-corrected chi connectivity index (χ2v) is 4.17. The molecule has 1 atom stereocenters. The first-order valence-electron chi connectivity index (χ1n) is 5.02. The van der Waals surface area contributed by atoms with Crippen LogP contribution in [0.5, 0.6) is 0 Å². The van der Waals surface area contributed by atoms with E-state index in [4.69, 9.17) is 16.7 Å². The smallest absolute Gasteiger partial charge is 0.137 e. The lowest BCUT2D eigenvalue weighted by Gasteiger charge is -2.03. The third kappa shape index (κ3) is 4.96. The van der Waals surface area contributed by atoms with Crippen molar-refractivity contribution in [3.05, 3.63) is 34.9 Å². The molecule has 0 amide bonds. The molecule has 0 aliphatic rings. The van der Waals surface area contributed by atoms with Crippen LogP contribution in [0.4, 0.5) is 0 Å². The standard InChI is InChI=1S/C12H15ClO2/c1-9(14)2-7-12(15)8-10-3-5-11(13)6-4-10/h3-6,9,14H,2,7-8H2,1H3. The summed E-state index contributed by atoms with van der Waals surface area (Å²) in [5, 5.41) is 9.71. The van der Waals surface area contributed by atoms with Crippen molar-refractivity contribution in [2.24, 2.45) is 0 Å². The van der Waals surface area contributed by atoms with Crippen LogP contribution in [0.25, 0.3) is 0 Å². The largest absolute Gasteiger partial charge is 0.393 e. The molecule has 3 heteroatoms. The monoisotopic (exact) mass is 226 g/mol. The predicted molar refractivity (Wildman–Crippen MR) is 61.1 cm³/mol. The maximum atomic E-state index is 11.5. The van der Waals surface area contributed by atoms with E-state index in [0.717, 1.165) is 5.56 Å². The Kier molecular flexibility index (Phi) is 4.79. The Morgan fingerprint density at radius 1 is 1.40 bits per heavy atom. The molecule has 0 spiro atoms. The quantitative estimate of drug-likeness (QED) is 0.838. The Labute approximate surface area is 94.9 Å². The van der Waals surface area contributed by atoms with Crippen molar-refractivity contribution in [3.8, 4) is 0 Å². The van der Waals surface area contributed by atoms with E-state index in [1.807, 2.05) is 12.1 Å². The van der Waals surface area contributed by atoms with E-state index in [-0.39, 0.29) is 5.78 Å². The Morgan fingerprint density at radius 2 is 2.00 bits per heavy atom. The fraction of sp³-hybridized carbons (Fsp3) is 0.417. The van der Waals surface area contributed by atoms with Crippen LogP contribution in [0.1, 0.15) is 25.3 Å². The summed E-state index contributed by atoms with van der Waals surface area (Å²) in [7, 11) is 0. The second kappa shape index (κ2) is 5.89. The van der Waals surface area contributed by atoms with Crippen molar-refractivity contribution < 1.29 is 9.90 Å². The summed E-state index contributed by atoms with van der Waals surface area (Å²) in [6.07, 6.45) is 0.982. The molecule has 2 nitrogen and oxygen atoms in total. The lowest BCUT2D eigenvalue weighted by Crippen LogP contribution is -2.07. The highest BCUT2D eigenvalue weighted by atomic mass is 35.5. The molecular weight excluding hydrogens is 212 g/mol. The summed E-state index contributed by atoms with van der Waals surface area (Å²) in [6, 6.07) is 7.25. The SMILES string of the molecule is CC(O)CCC(=O)Cc1ccc(Cl)cc1. The number of benzene rings is 1. The number of Topliss-reactive ketones (excluding diaryl/α,β-unsaturated/α-hetero) is 1. The van der Waals surface area contributed by atoms with Crippen LogP contribution >= 0.6 is 11.6 Å². The Morgan fingerprint density at radius 3 is 2.53 bits per heavy atom. The van der Waals surface area contributed by atoms with Gasteiger partial charge in [-0.15, -0.1) is 0 Å². The zero-order valence-corrected chi connectivity index (χ0v) is 9.50. The lowest BCUT2D eigenvalue weighted by molar-refractivity contribution is -0.118. The fourth-order valence-corrected chi connectivity index (χ4v) is 1.41. The molecule has 0 radical (unpaired) electrons. The van der Waals surface area contributed by atoms with Gasteiger partial charge in [0.15, 0.2) is 0 Å². The van der Waals surface area contributed by atoms with Crippen LogP contribution in [-0.4, -0.2) is 17.0 Å². The van der Waals surface area contributed by atoms with E-state index in [9.17, 15) is 4.79 Å². The van der Waals surface area contributed by atoms with Gasteiger partial charge in [0.1, 0.15) is 5.78 Å². The Hall–Kier alpha value is -0.860. The van der Waals surface area contributed by atoms with Gasteiger partial charge in [-0.2, -0.15) is 0 Å². The number of carbonyl (C=O) groups excluding carboxylic acids is 1. The average Bonchev–Trinajstić information content (AvgIpc) is 2.19. The van der Waals surface area contributed by atoms with Crippen molar-refractivity contribution in [2.75, 3.05) is 0 Å². The van der Waals surface area contributed by atoms with Crippen LogP contribution < -0.4 is 0 Å². The van der Waals surface area contributed by atoms with E-state index in [2.05, 4.69) is 0 Å². The Bertz CT molecular complexity index is 317. The van der Waals surface area contributed by atoms with E-state index in [1.165, 1.54) is 0 Å². The Balaban J connectivity index is 2.41. The first-order valence-corrected chi connectivity index (χ1v) is 5.40. The maximum absolute atomic E-state index is 11.5. The highest BCUT2D eigenvalue weighted by Gasteiger charge is 2.05. The van der Waals surface area contributed by atoms with Crippen molar-refractivity contribution in [2.45, 2.75) is 32.3 Å². The van der Waals surface area contributed by atoms with E-state index in [1.54, 1.807) is 19.1 Å². The van der Waals surface area contributed by atoms with Crippen LogP contribution in [0.3, 0.4) is 0 Å². The molecule has 82 valence electrons. The minimum Gasteiger partial charge on any atom is -0.393 e. The van der Waals surface area contributed by atoms with Crippen molar-refractivity contribution in [3.63, 3.8) is 0 Å². The molecule has 0 aliphatic heterocycles. The summed E-state index contributed by atoms with van der Waals surface area (Å²) in [6.45, 7) is 1.69. The number of ketones is 1. The van der Waals surface area contributed by atoms with Gasteiger partial charge < -0.3 is 5.11 Å². The van der Waals surface area contributed by atoms with Gasteiger partial charge in [0.25, 0.3) is 0 Å². The first kappa shape index (κ1) is 12.2. The molecular formula is C12H15ClO2. The molecule has 0 bridgehead atoms. The average molecular weight is 227 g/mol. The molecule has 0 heterocycles. The molecule has 15 heavy (non-hydrogen) atoms. The second-order valence-electron chi connectivity index (χ2n) is 3.73. The number of aliphatic hydroxyl groups is 1. The van der Waals surface area contributed by atoms with Crippen molar-refractivity contribution in [1.82, 2.24) is 0 Å². The summed E-state index contributed by atoms with van der Waals surface area (Å²) >= 11 is 5.73. The number of hydrogen-bond acceptors (Lipinski definition) is 2. The number of halogens is 1. The van der Waals surface area contributed by atoms with Gasteiger partial charge in [-0.05, 0) is 31.0 Å². The molecule has 1 N–H and O–H groups in total. The van der Waals surface area contributed by atoms with Crippen LogP contribution in [-0.2, 0) is 11.2 Å². The minimum absolute atomic E-state index is 0.151. The molecule has 0 fully saturated rings. The highest BCUT2D eigenvalue weighted by Crippen LogP contribution is 2.11. The molecule has 0 saturated carbocycles. The molecule has 0 saturated heterocycles. The molecule has 1 aromatic carbocycles. The van der Waals surface area contributed by atoms with Gasteiger partial charge in [-0.3, -0.25) is 4.79 Å². The maximum Gasteiger partial charge on any atom is 0.137 e. The highest BCUT2D eigenvalue weighted by molar-refractivity contribution is 6.30. The van der Waals surface area contributed by atoms with Gasteiger partial charge in [0.05, 0.1) is 6.10 Å². The zero-order valence-electron chi connectivity index (χ0n) is 8.74. The molecule has 1 aromatic rings. The minimum atomic E-state index is -0.404. The van der Waals surface area contributed by atoms with Crippen LogP contribution in [0.2, 0.25) is 5.02 Å². The molecule has 0 aromatic heterocycles. The van der Waals surface area contributed by atoms with Crippen LogP contribution in [0.15, 0.2) is 24.3 Å². The zero-order chi connectivity index (χ0) is 11.3. The summed E-state index contributed by atoms with van der Waals surface area (Å²) < 4.78 is 0. The molecule has 1 rings (SSSR count). The van der Waals surface area contributed by atoms with Gasteiger partial charge in [-0.25, -0.2) is 0 Å². The van der Waals surface area contributed by atoms with E-state index < -0.39 is 6.10 Å². The van der Waals surface area contributed by atoms with Crippen molar-refractivity contribution in [1.29, 1.82) is 0 Å². The van der Waals surface area contributed by atoms with Crippen molar-refractivity contribution >= 4 is 17.4 Å².